The molecule has 6 fully saturated rings. The zero-order valence-corrected chi connectivity index (χ0v) is 37.2. The molecule has 0 aromatic heterocycles. The van der Waals surface area contributed by atoms with Crippen molar-refractivity contribution in [2.24, 2.45) is 57.2 Å². The summed E-state index contributed by atoms with van der Waals surface area (Å²) in [7, 11) is 3.29. The van der Waals surface area contributed by atoms with E-state index in [1.54, 1.807) is 39.8 Å². The highest BCUT2D eigenvalue weighted by Gasteiger charge is 2.74. The predicted octanol–water partition coefficient (Wildman–Crippen LogP) is 6.22. The summed E-state index contributed by atoms with van der Waals surface area (Å²) in [5.74, 6) is 0.940. The highest BCUT2D eigenvalue weighted by atomic mass is 33.1. The summed E-state index contributed by atoms with van der Waals surface area (Å²) in [6, 6.07) is 5.42. The van der Waals surface area contributed by atoms with Gasteiger partial charge in [0.1, 0.15) is 11.9 Å². The maximum atomic E-state index is 15.1. The highest BCUT2D eigenvalue weighted by Crippen LogP contribution is 2.73. The van der Waals surface area contributed by atoms with Gasteiger partial charge in [0.05, 0.1) is 40.3 Å². The van der Waals surface area contributed by atoms with Gasteiger partial charge >= 0.3 is 0 Å². The van der Waals surface area contributed by atoms with Gasteiger partial charge in [0, 0.05) is 41.8 Å². The maximum Gasteiger partial charge on any atom is 0.233 e. The number of epoxide rings is 1. The third kappa shape index (κ3) is 6.02. The molecule has 8 bridgehead atoms. The minimum atomic E-state index is -1.43. The van der Waals surface area contributed by atoms with E-state index in [9.17, 15) is 35.4 Å². The zero-order chi connectivity index (χ0) is 42.1. The average molecular weight is 854 g/mol. The number of fused-ring (bicyclic) bond motifs is 2. The number of phenolic OH excluding ortho intramolecular Hbond substituents is 1. The van der Waals surface area contributed by atoms with Gasteiger partial charge < -0.3 is 40.3 Å². The Labute approximate surface area is 357 Å². The Kier molecular flexibility index (Phi) is 10.6. The van der Waals surface area contributed by atoms with E-state index in [1.807, 2.05) is 17.9 Å². The van der Waals surface area contributed by atoms with Crippen LogP contribution in [0.4, 0.5) is 5.69 Å². The molecule has 326 valence electrons. The van der Waals surface area contributed by atoms with Gasteiger partial charge in [-0.25, -0.2) is 0 Å². The Balaban J connectivity index is 1.18. The van der Waals surface area contributed by atoms with E-state index in [-0.39, 0.29) is 78.7 Å². The fourth-order valence-electron chi connectivity index (χ4n) is 14.9. The summed E-state index contributed by atoms with van der Waals surface area (Å²) in [5.41, 5.74) is -3.82. The number of benzene rings is 1. The number of aliphatic hydroxyl groups is 5. The number of rotatable bonds is 5. The Bertz CT molecular complexity index is 1890. The van der Waals surface area contributed by atoms with E-state index in [1.165, 1.54) is 0 Å². The van der Waals surface area contributed by atoms with Crippen LogP contribution in [0.15, 0.2) is 29.8 Å². The Hall–Kier alpha value is -1.64. The lowest BCUT2D eigenvalue weighted by molar-refractivity contribution is -0.183. The molecule has 5 heterocycles. The molecule has 59 heavy (non-hydrogen) atoms. The monoisotopic (exact) mass is 853 g/mol. The quantitative estimate of drug-likeness (QED) is 0.147. The predicted molar refractivity (Wildman–Crippen MR) is 230 cm³/mol. The van der Waals surface area contributed by atoms with Gasteiger partial charge in [-0.3, -0.25) is 9.59 Å². The summed E-state index contributed by atoms with van der Waals surface area (Å²) in [6.45, 7) is 10.9. The van der Waals surface area contributed by atoms with Crippen LogP contribution in [0.1, 0.15) is 111 Å². The van der Waals surface area contributed by atoms with Crippen LogP contribution in [-0.2, 0) is 20.7 Å². The molecule has 4 saturated carbocycles. The van der Waals surface area contributed by atoms with Gasteiger partial charge in [0.2, 0.25) is 5.91 Å². The van der Waals surface area contributed by atoms with Gasteiger partial charge in [0.25, 0.3) is 0 Å². The number of ether oxygens (including phenoxy) is 1. The molecular formula is C47H67NO9S2. The lowest BCUT2D eigenvalue weighted by Crippen LogP contribution is -2.67. The summed E-state index contributed by atoms with van der Waals surface area (Å²) in [6.07, 6.45) is 5.87. The smallest absolute Gasteiger partial charge is 0.233 e. The number of aromatic hydroxyl groups is 1. The number of phenols is 1. The first-order valence-corrected chi connectivity index (χ1v) is 25.1. The number of aliphatic hydroxyl groups excluding tert-OH is 3. The molecule has 12 heteroatoms. The van der Waals surface area contributed by atoms with Crippen molar-refractivity contribution in [1.29, 1.82) is 0 Å². The van der Waals surface area contributed by atoms with E-state index in [0.29, 0.717) is 74.6 Å². The van der Waals surface area contributed by atoms with Crippen molar-refractivity contribution in [3.05, 3.63) is 35.4 Å². The first-order valence-electron chi connectivity index (χ1n) is 22.6. The molecule has 1 amide bonds. The molecule has 11 rings (SSSR count). The van der Waals surface area contributed by atoms with Crippen LogP contribution in [0.25, 0.3) is 0 Å². The number of carbonyl (C=O) groups excluding carboxylic acids is 2. The van der Waals surface area contributed by atoms with Crippen molar-refractivity contribution < 1.29 is 45.0 Å². The highest BCUT2D eigenvalue weighted by molar-refractivity contribution is 8.76. The second kappa shape index (κ2) is 14.7. The number of amides is 1. The lowest BCUT2D eigenvalue weighted by Gasteiger charge is -2.65. The first-order chi connectivity index (χ1) is 27.9. The molecule has 2 saturated heterocycles. The molecule has 15 atom stereocenters. The first kappa shape index (κ1) is 42.7. The van der Waals surface area contributed by atoms with Crippen LogP contribution >= 0.6 is 21.6 Å². The molecular weight excluding hydrogens is 787 g/mol. The second-order valence-electron chi connectivity index (χ2n) is 21.2. The van der Waals surface area contributed by atoms with E-state index in [0.717, 1.165) is 30.4 Å². The molecule has 5 aliphatic heterocycles. The van der Waals surface area contributed by atoms with Gasteiger partial charge in [0.15, 0.2) is 5.78 Å². The van der Waals surface area contributed by atoms with E-state index >= 15 is 4.79 Å². The van der Waals surface area contributed by atoms with Crippen molar-refractivity contribution >= 4 is 39.0 Å². The minimum absolute atomic E-state index is 0.00445. The molecule has 1 aromatic rings. The fourth-order valence-corrected chi connectivity index (χ4v) is 18.1. The zero-order valence-electron chi connectivity index (χ0n) is 35.6. The van der Waals surface area contributed by atoms with Crippen LogP contribution in [0.2, 0.25) is 0 Å². The average Bonchev–Trinajstić information content (AvgIpc) is 3.85. The number of allylic oxidation sites excluding steroid dienone is 1. The van der Waals surface area contributed by atoms with Crippen LogP contribution in [0.3, 0.4) is 0 Å². The largest absolute Gasteiger partial charge is 0.508 e. The molecule has 0 radical (unpaired) electrons. The van der Waals surface area contributed by atoms with E-state index in [4.69, 9.17) is 4.74 Å². The second-order valence-corrected chi connectivity index (χ2v) is 23.7. The third-order valence-corrected chi connectivity index (χ3v) is 21.2. The van der Waals surface area contributed by atoms with Crippen molar-refractivity contribution in [2.45, 2.75) is 147 Å². The normalized spacial score (nSPS) is 46.1. The fraction of sp³-hybridized carbons (Fsp3) is 0.787. The Morgan fingerprint density at radius 3 is 2.49 bits per heavy atom. The number of hydrogen-bond donors (Lipinski definition) is 6. The number of aryl methyl sites for hydroxylation is 1. The molecule has 1 aromatic carbocycles. The molecule has 3 spiro atoms. The van der Waals surface area contributed by atoms with E-state index < -0.39 is 45.1 Å². The van der Waals surface area contributed by atoms with Gasteiger partial charge in [-0.05, 0) is 148 Å². The third-order valence-electron chi connectivity index (χ3n) is 18.6. The number of carbonyl (C=O) groups is 2. The number of anilines is 1. The summed E-state index contributed by atoms with van der Waals surface area (Å²) in [5, 5.41) is 71.2. The standard InChI is InChI=1S/C47H67NO9S2/c1-26(2)27(3)39-40(57-39)43(5,55)37-11-14-47(56)34-20-38(53)45-22-36(52)35(51)21-42(45,4)33(34)10-13-44(37,47)12-9-28-17-31(19-32(50)18-28)48-16-15-46(41(48)54)29(23-49)7-6-8-30(46)24-58-59-25-45/h17-20,26-27,29-30,33,35-37,39-40,49-52,55-56H,6-16,21-25H2,1-5H3/t27-,29-,30-,33+,35+,36-,37-,39+,40-,42-,43-,44-,45-,46+,47-/m1/s1. The van der Waals surface area contributed by atoms with Gasteiger partial charge in [-0.15, -0.1) is 0 Å². The summed E-state index contributed by atoms with van der Waals surface area (Å²) < 4.78 is 6.34. The summed E-state index contributed by atoms with van der Waals surface area (Å²) in [4.78, 5) is 31.9. The maximum absolute atomic E-state index is 15.1. The van der Waals surface area contributed by atoms with Crippen molar-refractivity contribution in [2.75, 3.05) is 29.6 Å². The Morgan fingerprint density at radius 2 is 1.75 bits per heavy atom. The molecule has 10 nitrogen and oxygen atoms in total. The molecule has 6 N–H and O–H groups in total. The number of nitrogens with zero attached hydrogens (tertiary/aromatic N) is 1. The van der Waals surface area contributed by atoms with Crippen molar-refractivity contribution in [3.8, 4) is 5.75 Å². The SMILES string of the molecule is CC(C)[C@@H](C)[C@@H]1O[C@H]1[C@](C)(O)[C@H]1CC[C@@]2(O)C3=CC(=O)[C@@]45CSSC[C@H]6CCC[C@H](CO)[C@@]67CCN(C7=O)c6cc(O)cc(c6)CC[C@@]12CC[C@@H]3[C@@]4(C)C[C@H](O)[C@H](O)C5. The van der Waals surface area contributed by atoms with Crippen LogP contribution in [-0.4, -0.2) is 103 Å². The lowest BCUT2D eigenvalue weighted by atomic mass is 9.41. The van der Waals surface area contributed by atoms with Crippen LogP contribution < -0.4 is 4.90 Å². The van der Waals surface area contributed by atoms with Crippen LogP contribution in [0.5, 0.6) is 5.75 Å². The molecule has 5 aliphatic carbocycles. The van der Waals surface area contributed by atoms with Gasteiger partial charge in [-0.2, -0.15) is 0 Å². The Morgan fingerprint density at radius 1 is 0.983 bits per heavy atom. The minimum Gasteiger partial charge on any atom is -0.508 e. The molecule has 10 aliphatic rings. The van der Waals surface area contributed by atoms with Crippen LogP contribution in [0, 0.1) is 57.2 Å². The topological polar surface area (TPSA) is 171 Å². The van der Waals surface area contributed by atoms with Crippen molar-refractivity contribution in [3.63, 3.8) is 0 Å². The summed E-state index contributed by atoms with van der Waals surface area (Å²) >= 11 is 0. The van der Waals surface area contributed by atoms with E-state index in [2.05, 4.69) is 27.7 Å². The molecule has 0 unspecified atom stereocenters. The van der Waals surface area contributed by atoms with Gasteiger partial charge in [-0.1, -0.05) is 55.7 Å². The van der Waals surface area contributed by atoms with Crippen molar-refractivity contribution in [1.82, 2.24) is 0 Å². The number of ketones is 1. The number of hydrogen-bond acceptors (Lipinski definition) is 11.